The second-order valence-electron chi connectivity index (χ2n) is 4.49. The van der Waals surface area contributed by atoms with Gasteiger partial charge < -0.3 is 16.2 Å². The lowest BCUT2D eigenvalue weighted by Crippen LogP contribution is -2.14. The predicted molar refractivity (Wildman–Crippen MR) is 73.5 cm³/mol. The van der Waals surface area contributed by atoms with Gasteiger partial charge in [-0.15, -0.1) is 0 Å². The molecule has 0 saturated carbocycles. The number of nitrogen functional groups attached to an aromatic ring is 1. The molecule has 21 heavy (non-hydrogen) atoms. The lowest BCUT2D eigenvalue weighted by atomic mass is 10.1. The summed E-state index contributed by atoms with van der Waals surface area (Å²) in [5.74, 6) is 0.0549. The maximum atomic E-state index is 12.6. The van der Waals surface area contributed by atoms with E-state index >= 15 is 0 Å². The van der Waals surface area contributed by atoms with Gasteiger partial charge in [-0.1, -0.05) is 12.1 Å². The molecule has 0 fully saturated rings. The number of hydrogen-bond acceptors (Lipinski definition) is 4. The monoisotopic (exact) mass is 297 g/mol. The highest BCUT2D eigenvalue weighted by molar-refractivity contribution is 5.41. The first kappa shape index (κ1) is 15.1. The van der Waals surface area contributed by atoms with Gasteiger partial charge in [0.25, 0.3) is 0 Å². The zero-order chi connectivity index (χ0) is 15.5. The number of hydrogen-bond donors (Lipinski definition) is 3. The molecule has 0 aliphatic heterocycles. The van der Waals surface area contributed by atoms with E-state index in [0.29, 0.717) is 11.3 Å². The maximum Gasteiger partial charge on any atom is 0.416 e. The molecule has 0 aliphatic rings. The van der Waals surface area contributed by atoms with Gasteiger partial charge >= 0.3 is 6.18 Å². The summed E-state index contributed by atoms with van der Waals surface area (Å²) < 4.78 is 37.7. The van der Waals surface area contributed by atoms with Crippen molar-refractivity contribution in [1.82, 2.24) is 4.98 Å². The number of rotatable bonds is 4. The Hall–Kier alpha value is -2.28. The minimum atomic E-state index is -4.42. The van der Waals surface area contributed by atoms with Crippen LogP contribution in [0, 0.1) is 0 Å². The molecule has 1 heterocycles. The van der Waals surface area contributed by atoms with Crippen LogP contribution >= 0.6 is 0 Å². The third-order valence-corrected chi connectivity index (χ3v) is 2.89. The van der Waals surface area contributed by atoms with Crippen LogP contribution in [0.4, 0.5) is 24.7 Å². The quantitative estimate of drug-likeness (QED) is 0.759. The Labute approximate surface area is 119 Å². The Balaban J connectivity index is 2.01. The molecule has 1 atom stereocenters. The van der Waals surface area contributed by atoms with Crippen molar-refractivity contribution in [2.24, 2.45) is 0 Å². The first-order chi connectivity index (χ1) is 9.86. The highest BCUT2D eigenvalue weighted by Crippen LogP contribution is 2.30. The van der Waals surface area contributed by atoms with E-state index in [1.165, 1.54) is 0 Å². The molecule has 0 bridgehead atoms. The summed E-state index contributed by atoms with van der Waals surface area (Å²) in [7, 11) is 0. The molecular weight excluding hydrogens is 283 g/mol. The minimum Gasteiger partial charge on any atom is -0.399 e. The number of aromatic nitrogens is 1. The molecule has 1 aromatic carbocycles. The van der Waals surface area contributed by atoms with Crippen LogP contribution < -0.4 is 11.1 Å². The summed E-state index contributed by atoms with van der Waals surface area (Å²) in [6.07, 6.45) is -4.22. The second-order valence-corrected chi connectivity index (χ2v) is 4.49. The average Bonchev–Trinajstić information content (AvgIpc) is 2.45. The van der Waals surface area contributed by atoms with Gasteiger partial charge in [-0.05, 0) is 29.8 Å². The normalized spacial score (nSPS) is 13.0. The Kier molecular flexibility index (Phi) is 4.32. The molecule has 0 radical (unpaired) electrons. The fourth-order valence-electron chi connectivity index (χ4n) is 1.74. The summed E-state index contributed by atoms with van der Waals surface area (Å²) in [5, 5.41) is 12.6. The van der Waals surface area contributed by atoms with Crippen molar-refractivity contribution >= 4 is 11.5 Å². The highest BCUT2D eigenvalue weighted by atomic mass is 19.4. The SMILES string of the molecule is Nc1ccc(C(O)CNc2cc(C(F)(F)F)ccn2)cc1. The molecule has 1 aromatic heterocycles. The highest BCUT2D eigenvalue weighted by Gasteiger charge is 2.30. The largest absolute Gasteiger partial charge is 0.416 e. The summed E-state index contributed by atoms with van der Waals surface area (Å²) in [5.41, 5.74) is 5.93. The molecule has 112 valence electrons. The van der Waals surface area contributed by atoms with Crippen molar-refractivity contribution in [3.63, 3.8) is 0 Å². The number of aliphatic hydroxyl groups is 1. The molecule has 4 N–H and O–H groups in total. The van der Waals surface area contributed by atoms with Gasteiger partial charge in [-0.3, -0.25) is 0 Å². The van der Waals surface area contributed by atoms with Crippen LogP contribution in [0.3, 0.4) is 0 Å². The smallest absolute Gasteiger partial charge is 0.399 e. The molecule has 0 amide bonds. The van der Waals surface area contributed by atoms with Gasteiger partial charge in [-0.2, -0.15) is 13.2 Å². The van der Waals surface area contributed by atoms with Crippen LogP contribution in [0.25, 0.3) is 0 Å². The minimum absolute atomic E-state index is 0.0399. The first-order valence-corrected chi connectivity index (χ1v) is 6.17. The molecule has 4 nitrogen and oxygen atoms in total. The number of pyridine rings is 1. The van der Waals surface area contributed by atoms with Crippen molar-refractivity contribution in [2.45, 2.75) is 12.3 Å². The lowest BCUT2D eigenvalue weighted by molar-refractivity contribution is -0.137. The summed E-state index contributed by atoms with van der Waals surface area (Å²) in [4.78, 5) is 3.79. The fourth-order valence-corrected chi connectivity index (χ4v) is 1.74. The molecular formula is C14H14F3N3O. The molecule has 0 saturated heterocycles. The number of nitrogens with zero attached hydrogens (tertiary/aromatic N) is 1. The first-order valence-electron chi connectivity index (χ1n) is 6.17. The Morgan fingerprint density at radius 2 is 1.86 bits per heavy atom. The number of alkyl halides is 3. The molecule has 2 aromatic rings. The van der Waals surface area contributed by atoms with Gasteiger partial charge in [0.05, 0.1) is 11.7 Å². The van der Waals surface area contributed by atoms with Crippen molar-refractivity contribution in [1.29, 1.82) is 0 Å². The average molecular weight is 297 g/mol. The van der Waals surface area contributed by atoms with Crippen LogP contribution in [-0.2, 0) is 6.18 Å². The van der Waals surface area contributed by atoms with E-state index in [9.17, 15) is 18.3 Å². The van der Waals surface area contributed by atoms with Crippen LogP contribution in [0.1, 0.15) is 17.2 Å². The Morgan fingerprint density at radius 3 is 2.48 bits per heavy atom. The Bertz CT molecular complexity index is 599. The van der Waals surface area contributed by atoms with E-state index in [1.807, 2.05) is 0 Å². The second kappa shape index (κ2) is 6.01. The number of halogens is 3. The van der Waals surface area contributed by atoms with Crippen LogP contribution in [0.5, 0.6) is 0 Å². The predicted octanol–water partition coefficient (Wildman–Crippen LogP) is 2.83. The maximum absolute atomic E-state index is 12.6. The van der Waals surface area contributed by atoms with Gasteiger partial charge in [0.15, 0.2) is 0 Å². The van der Waals surface area contributed by atoms with Crippen molar-refractivity contribution < 1.29 is 18.3 Å². The van der Waals surface area contributed by atoms with Gasteiger partial charge in [-0.25, -0.2) is 4.98 Å². The van der Waals surface area contributed by atoms with E-state index in [1.54, 1.807) is 24.3 Å². The number of benzene rings is 1. The molecule has 0 spiro atoms. The summed E-state index contributed by atoms with van der Waals surface area (Å²) in [6, 6.07) is 8.38. The molecule has 2 rings (SSSR count). The van der Waals surface area contributed by atoms with E-state index < -0.39 is 17.8 Å². The van der Waals surface area contributed by atoms with Crippen LogP contribution in [-0.4, -0.2) is 16.6 Å². The zero-order valence-electron chi connectivity index (χ0n) is 10.9. The van der Waals surface area contributed by atoms with Crippen molar-refractivity contribution in [3.8, 4) is 0 Å². The lowest BCUT2D eigenvalue weighted by Gasteiger charge is -2.14. The number of nitrogens with one attached hydrogen (secondary N) is 1. The van der Waals surface area contributed by atoms with Crippen LogP contribution in [0.2, 0.25) is 0 Å². The summed E-state index contributed by atoms with van der Waals surface area (Å²) in [6.45, 7) is 0.0399. The molecule has 7 heteroatoms. The van der Waals surface area contributed by atoms with Crippen molar-refractivity contribution in [2.75, 3.05) is 17.6 Å². The third kappa shape index (κ3) is 4.09. The van der Waals surface area contributed by atoms with E-state index in [4.69, 9.17) is 5.73 Å². The fraction of sp³-hybridized carbons (Fsp3) is 0.214. The van der Waals surface area contributed by atoms with Crippen LogP contribution in [0.15, 0.2) is 42.6 Å². The van der Waals surface area contributed by atoms with Gasteiger partial charge in [0, 0.05) is 18.4 Å². The number of nitrogens with two attached hydrogens (primary N) is 1. The number of anilines is 2. The van der Waals surface area contributed by atoms with E-state index in [-0.39, 0.29) is 12.4 Å². The van der Waals surface area contributed by atoms with E-state index in [0.717, 1.165) is 18.3 Å². The number of aliphatic hydroxyl groups excluding tert-OH is 1. The van der Waals surface area contributed by atoms with Gasteiger partial charge in [0.1, 0.15) is 5.82 Å². The zero-order valence-corrected chi connectivity index (χ0v) is 10.9. The standard InChI is InChI=1S/C14H14F3N3O/c15-14(16,17)10-5-6-19-13(7-10)20-8-12(21)9-1-3-11(18)4-2-9/h1-7,12,21H,8,18H2,(H,19,20). The van der Waals surface area contributed by atoms with Gasteiger partial charge in [0.2, 0.25) is 0 Å². The molecule has 0 aliphatic carbocycles. The molecule has 1 unspecified atom stereocenters. The Morgan fingerprint density at radius 1 is 1.19 bits per heavy atom. The van der Waals surface area contributed by atoms with E-state index in [2.05, 4.69) is 10.3 Å². The third-order valence-electron chi connectivity index (χ3n) is 2.89. The van der Waals surface area contributed by atoms with Crippen molar-refractivity contribution in [3.05, 3.63) is 53.7 Å². The summed E-state index contributed by atoms with van der Waals surface area (Å²) >= 11 is 0. The topological polar surface area (TPSA) is 71.2 Å².